The van der Waals surface area contributed by atoms with Crippen molar-refractivity contribution in [2.75, 3.05) is 6.26 Å². The summed E-state index contributed by atoms with van der Waals surface area (Å²) in [5.74, 6) is 0. The van der Waals surface area contributed by atoms with Crippen LogP contribution in [0.1, 0.15) is 0 Å². The van der Waals surface area contributed by atoms with Crippen LogP contribution in [0.5, 0.6) is 0 Å². The van der Waals surface area contributed by atoms with Crippen LogP contribution in [0.25, 0.3) is 0 Å². The van der Waals surface area contributed by atoms with E-state index >= 15 is 0 Å². The summed E-state index contributed by atoms with van der Waals surface area (Å²) in [6.07, 6.45) is 1.90. The fourth-order valence-electron chi connectivity index (χ4n) is 0.0969. The molecule has 0 aromatic rings. The van der Waals surface area contributed by atoms with Gasteiger partial charge in [-0.1, -0.05) is 11.7 Å². The Bertz CT molecular complexity index is 58.6. The molecular formula is CH4OS9. The maximum absolute atomic E-state index is 4.97. The van der Waals surface area contributed by atoms with Gasteiger partial charge in [0, 0.05) is 47.8 Å². The van der Waals surface area contributed by atoms with Gasteiger partial charge in [-0.15, -0.1) is 0 Å². The van der Waals surface area contributed by atoms with Crippen LogP contribution in [0.3, 0.4) is 0 Å². The van der Waals surface area contributed by atoms with E-state index in [1.165, 1.54) is 32.9 Å². The highest BCUT2D eigenvalue weighted by Gasteiger charge is 1.93. The highest BCUT2D eigenvalue weighted by Crippen LogP contribution is 2.55. The zero-order valence-electron chi connectivity index (χ0n) is 5.12. The molecule has 0 rings (SSSR count). The largest absolute Gasteiger partial charge is 0.235 e. The van der Waals surface area contributed by atoms with Crippen molar-refractivity contribution < 1.29 is 3.63 Å². The quantitative estimate of drug-likeness (QED) is 0.260. The van der Waals surface area contributed by atoms with Gasteiger partial charge >= 0.3 is 0 Å². The average molecular weight is 321 g/mol. The van der Waals surface area contributed by atoms with Gasteiger partial charge in [-0.2, -0.15) is 0 Å². The average Bonchev–Trinajstić information content (AvgIpc) is 2.03. The lowest BCUT2D eigenvalue weighted by Crippen LogP contribution is -1.49. The van der Waals surface area contributed by atoms with Crippen LogP contribution in [-0.2, 0) is 3.63 Å². The molecule has 11 heavy (non-hydrogen) atoms. The molecule has 68 valence electrons. The normalized spacial score (nSPS) is 10.4. The van der Waals surface area contributed by atoms with E-state index in [0.717, 1.165) is 0 Å². The minimum Gasteiger partial charge on any atom is -0.235 e. The van der Waals surface area contributed by atoms with E-state index in [0.29, 0.717) is 0 Å². The van der Waals surface area contributed by atoms with Crippen LogP contribution < -0.4 is 0 Å². The van der Waals surface area contributed by atoms with Gasteiger partial charge < -0.3 is 0 Å². The summed E-state index contributed by atoms with van der Waals surface area (Å²) in [6.45, 7) is 0. The van der Waals surface area contributed by atoms with E-state index in [-0.39, 0.29) is 0 Å². The lowest BCUT2D eigenvalue weighted by atomic mass is 12.0. The van der Waals surface area contributed by atoms with Crippen molar-refractivity contribution >= 4 is 93.7 Å². The maximum Gasteiger partial charge on any atom is 0.0902 e. The third-order valence-electron chi connectivity index (χ3n) is 0.265. The van der Waals surface area contributed by atoms with Gasteiger partial charge in [0.2, 0.25) is 0 Å². The fraction of sp³-hybridized carbons (Fsp3) is 1.00. The molecule has 0 saturated heterocycles. The number of hydrogen-bond donors (Lipinski definition) is 1. The predicted molar refractivity (Wildman–Crippen MR) is 76.7 cm³/mol. The first-order chi connectivity index (χ1) is 5.41. The van der Waals surface area contributed by atoms with E-state index < -0.39 is 0 Å². The Morgan fingerprint density at radius 3 is 2.27 bits per heavy atom. The predicted octanol–water partition coefficient (Wildman–Crippen LogP) is 5.66. The van der Waals surface area contributed by atoms with E-state index in [2.05, 4.69) is 11.7 Å². The summed E-state index contributed by atoms with van der Waals surface area (Å²) in [5.41, 5.74) is 0. The van der Waals surface area contributed by atoms with Gasteiger partial charge in [-0.3, -0.25) is 0 Å². The van der Waals surface area contributed by atoms with E-state index in [9.17, 15) is 0 Å². The van der Waals surface area contributed by atoms with Crippen molar-refractivity contribution in [2.45, 2.75) is 0 Å². The van der Waals surface area contributed by atoms with Gasteiger partial charge in [0.1, 0.15) is 0 Å². The monoisotopic (exact) mass is 320 g/mol. The topological polar surface area (TPSA) is 9.23 Å². The fourth-order valence-corrected chi connectivity index (χ4v) is 13.9. The first kappa shape index (κ1) is 14.1. The van der Waals surface area contributed by atoms with Gasteiger partial charge in [0.05, 0.1) is 11.1 Å². The summed E-state index contributed by atoms with van der Waals surface area (Å²) >= 11 is 6.72. The molecule has 0 aliphatic carbocycles. The Morgan fingerprint density at radius 1 is 1.00 bits per heavy atom. The molecule has 0 fully saturated rings. The Kier molecular flexibility index (Phi) is 16.8. The molecular weight excluding hydrogens is 317 g/mol. The second-order valence-corrected chi connectivity index (χ2v) is 12.9. The van der Waals surface area contributed by atoms with Crippen molar-refractivity contribution in [1.82, 2.24) is 0 Å². The SMILES string of the molecule is CSOSSSSSSSS. The van der Waals surface area contributed by atoms with Crippen molar-refractivity contribution in [2.24, 2.45) is 0 Å². The Hall–Kier alpha value is 3.11. The summed E-state index contributed by atoms with van der Waals surface area (Å²) in [6, 6.07) is 0. The molecule has 1 nitrogen and oxygen atoms in total. The van der Waals surface area contributed by atoms with Crippen LogP contribution in [0, 0.1) is 0 Å². The summed E-state index contributed by atoms with van der Waals surface area (Å²) in [4.78, 5) is 0. The summed E-state index contributed by atoms with van der Waals surface area (Å²) < 4.78 is 4.97. The number of thiol groups is 1. The summed E-state index contributed by atoms with van der Waals surface area (Å²) in [7, 11) is 9.81. The molecule has 0 unspecified atom stereocenters. The van der Waals surface area contributed by atoms with Crippen molar-refractivity contribution in [3.05, 3.63) is 0 Å². The molecule has 0 bridgehead atoms. The van der Waals surface area contributed by atoms with E-state index in [1.54, 1.807) is 49.1 Å². The van der Waals surface area contributed by atoms with Gasteiger partial charge in [-0.25, -0.2) is 3.63 Å². The van der Waals surface area contributed by atoms with Gasteiger partial charge in [-0.05, 0) is 29.5 Å². The van der Waals surface area contributed by atoms with Crippen molar-refractivity contribution in [1.29, 1.82) is 0 Å². The standard InChI is InChI=1S/CH4OS9/c1-4-2-5-7-9-11-10-8-6-3/h3H,1H3. The number of hydrogen-bond acceptors (Lipinski definition) is 10. The Balaban J connectivity index is 2.69. The lowest BCUT2D eigenvalue weighted by molar-refractivity contribution is 0.777. The second-order valence-electron chi connectivity index (χ2n) is 0.717. The molecule has 0 spiro atoms. The first-order valence-electron chi connectivity index (χ1n) is 1.92. The molecule has 0 amide bonds. The van der Waals surface area contributed by atoms with Gasteiger partial charge in [0.25, 0.3) is 0 Å². The van der Waals surface area contributed by atoms with Crippen molar-refractivity contribution in [3.63, 3.8) is 0 Å². The van der Waals surface area contributed by atoms with Crippen LogP contribution in [0.2, 0.25) is 0 Å². The van der Waals surface area contributed by atoms with E-state index in [4.69, 9.17) is 3.63 Å². The Morgan fingerprint density at radius 2 is 1.64 bits per heavy atom. The summed E-state index contributed by atoms with van der Waals surface area (Å²) in [5, 5.41) is 0. The zero-order chi connectivity index (χ0) is 8.36. The van der Waals surface area contributed by atoms with Crippen molar-refractivity contribution in [3.8, 4) is 0 Å². The first-order valence-corrected chi connectivity index (χ1v) is 12.9. The molecule has 0 saturated carbocycles. The lowest BCUT2D eigenvalue weighted by Gasteiger charge is -1.94. The second kappa shape index (κ2) is 13.1. The smallest absolute Gasteiger partial charge is 0.0902 e. The zero-order valence-corrected chi connectivity index (χ0v) is 12.5. The highest BCUT2D eigenvalue weighted by atomic mass is 34.0. The Labute approximate surface area is 102 Å². The number of rotatable bonds is 8. The van der Waals surface area contributed by atoms with Crippen LogP contribution in [0.4, 0.5) is 0 Å². The minimum atomic E-state index is 1.36. The molecule has 10 heteroatoms. The molecule has 0 aromatic carbocycles. The van der Waals surface area contributed by atoms with Crippen LogP contribution in [0.15, 0.2) is 0 Å². The maximum atomic E-state index is 4.97. The molecule has 0 heterocycles. The van der Waals surface area contributed by atoms with Crippen LogP contribution in [-0.4, -0.2) is 6.26 Å². The minimum absolute atomic E-state index is 1.36. The molecule has 0 radical (unpaired) electrons. The molecule has 0 N–H and O–H groups in total. The molecule has 0 aromatic heterocycles. The van der Waals surface area contributed by atoms with E-state index in [1.807, 2.05) is 6.26 Å². The molecule has 0 atom stereocenters. The molecule has 0 aliphatic rings. The third kappa shape index (κ3) is 13.1. The van der Waals surface area contributed by atoms with Crippen LogP contribution >= 0.6 is 93.7 Å². The third-order valence-corrected chi connectivity index (χ3v) is 13.6. The van der Waals surface area contributed by atoms with Gasteiger partial charge in [0.15, 0.2) is 0 Å². The highest BCUT2D eigenvalue weighted by molar-refractivity contribution is 9.48. The molecule has 0 aliphatic heterocycles.